The fraction of sp³-hybridized carbons (Fsp3) is 0.308. The summed E-state index contributed by atoms with van der Waals surface area (Å²) in [6.45, 7) is 1.31. The van der Waals surface area contributed by atoms with Crippen LogP contribution in [0, 0.1) is 0 Å². The van der Waals surface area contributed by atoms with Crippen molar-refractivity contribution in [2.24, 2.45) is 0 Å². The Labute approximate surface area is 120 Å². The van der Waals surface area contributed by atoms with Gasteiger partial charge in [0.05, 0.1) is 5.52 Å². The summed E-state index contributed by atoms with van der Waals surface area (Å²) >= 11 is 5.96. The molecule has 0 radical (unpaired) electrons. The molecule has 0 fully saturated rings. The normalized spacial score (nSPS) is 14.0. The number of nitrogens with one attached hydrogen (secondary N) is 1. The molecule has 1 aromatic heterocycles. The minimum Gasteiger partial charge on any atom is -0.388 e. The topological polar surface area (TPSA) is 95.3 Å². The number of amides is 1. The van der Waals surface area contributed by atoms with Crippen LogP contribution < -0.4 is 5.32 Å². The number of aromatic nitrogens is 2. The molecule has 2 unspecified atom stereocenters. The number of hydrogen-bond acceptors (Lipinski definition) is 5. The molecule has 0 saturated heterocycles. The predicted molar refractivity (Wildman–Crippen MR) is 74.2 cm³/mol. The smallest absolute Gasteiger partial charge is 0.216 e. The Hall–Kier alpha value is -1.76. The number of hydrogen-bond donors (Lipinski definition) is 3. The molecule has 0 aliphatic heterocycles. The predicted octanol–water partition coefficient (Wildman–Crippen LogP) is 0.814. The average Bonchev–Trinajstić information content (AvgIpc) is 2.44. The number of benzene rings is 1. The Kier molecular flexibility index (Phi) is 4.49. The number of fused-ring (bicyclic) bond motifs is 1. The van der Waals surface area contributed by atoms with Crippen LogP contribution in [-0.2, 0) is 4.79 Å². The van der Waals surface area contributed by atoms with Crippen LogP contribution in [0.15, 0.2) is 24.5 Å². The van der Waals surface area contributed by atoms with E-state index in [0.29, 0.717) is 16.5 Å². The highest BCUT2D eigenvalue weighted by atomic mass is 35.5. The summed E-state index contributed by atoms with van der Waals surface area (Å²) < 4.78 is 0. The van der Waals surface area contributed by atoms with Crippen LogP contribution in [0.2, 0.25) is 5.15 Å². The lowest BCUT2D eigenvalue weighted by atomic mass is 10.0. The van der Waals surface area contributed by atoms with Gasteiger partial charge in [-0.1, -0.05) is 17.7 Å². The summed E-state index contributed by atoms with van der Waals surface area (Å²) in [5.74, 6) is -0.272. The summed E-state index contributed by atoms with van der Waals surface area (Å²) in [5.41, 5.74) is 1.13. The van der Waals surface area contributed by atoms with Gasteiger partial charge in [0.25, 0.3) is 0 Å². The fourth-order valence-electron chi connectivity index (χ4n) is 1.81. The van der Waals surface area contributed by atoms with E-state index in [2.05, 4.69) is 15.3 Å². The Morgan fingerprint density at radius 1 is 1.40 bits per heavy atom. The van der Waals surface area contributed by atoms with Gasteiger partial charge in [-0.05, 0) is 17.7 Å². The number of aliphatic hydroxyl groups is 2. The molecule has 0 aliphatic rings. The van der Waals surface area contributed by atoms with Crippen LogP contribution in [-0.4, -0.2) is 38.7 Å². The van der Waals surface area contributed by atoms with Gasteiger partial charge in [0.15, 0.2) is 0 Å². The summed E-state index contributed by atoms with van der Waals surface area (Å²) in [6, 6.07) is 4.96. The van der Waals surface area contributed by atoms with E-state index < -0.39 is 12.2 Å². The molecule has 1 aromatic carbocycles. The highest BCUT2D eigenvalue weighted by Gasteiger charge is 2.19. The minimum atomic E-state index is -1.14. The number of carbonyl (C=O) groups is 1. The first-order valence-electron chi connectivity index (χ1n) is 5.99. The number of carbonyl (C=O) groups excluding carboxylic acids is 1. The zero-order valence-electron chi connectivity index (χ0n) is 10.7. The van der Waals surface area contributed by atoms with Gasteiger partial charge in [-0.15, -0.1) is 0 Å². The molecule has 0 aliphatic carbocycles. The maximum Gasteiger partial charge on any atom is 0.216 e. The molecule has 0 spiro atoms. The number of nitrogens with zero attached hydrogens (tertiary/aromatic N) is 2. The van der Waals surface area contributed by atoms with E-state index >= 15 is 0 Å². The van der Waals surface area contributed by atoms with E-state index in [0.717, 1.165) is 0 Å². The monoisotopic (exact) mass is 295 g/mol. The van der Waals surface area contributed by atoms with Gasteiger partial charge in [-0.25, -0.2) is 9.97 Å². The largest absolute Gasteiger partial charge is 0.388 e. The van der Waals surface area contributed by atoms with E-state index in [1.165, 1.54) is 13.3 Å². The Balaban J connectivity index is 2.23. The van der Waals surface area contributed by atoms with E-state index in [1.54, 1.807) is 18.2 Å². The van der Waals surface area contributed by atoms with Gasteiger partial charge in [0.1, 0.15) is 23.7 Å². The second kappa shape index (κ2) is 6.13. The fourth-order valence-corrected chi connectivity index (χ4v) is 2.00. The van der Waals surface area contributed by atoms with Gasteiger partial charge >= 0.3 is 0 Å². The van der Waals surface area contributed by atoms with Crippen molar-refractivity contribution in [1.82, 2.24) is 15.3 Å². The highest BCUT2D eigenvalue weighted by Crippen LogP contribution is 2.25. The molecular formula is C13H14ClN3O3. The Morgan fingerprint density at radius 2 is 2.15 bits per heavy atom. The van der Waals surface area contributed by atoms with E-state index in [-0.39, 0.29) is 17.6 Å². The van der Waals surface area contributed by atoms with Crippen molar-refractivity contribution in [1.29, 1.82) is 0 Å². The maximum absolute atomic E-state index is 10.8. The van der Waals surface area contributed by atoms with Gasteiger partial charge < -0.3 is 15.5 Å². The van der Waals surface area contributed by atoms with Crippen molar-refractivity contribution >= 4 is 28.4 Å². The summed E-state index contributed by atoms with van der Waals surface area (Å²) in [6.07, 6.45) is -0.894. The van der Waals surface area contributed by atoms with Crippen molar-refractivity contribution in [3.63, 3.8) is 0 Å². The lowest BCUT2D eigenvalue weighted by Crippen LogP contribution is -2.34. The van der Waals surface area contributed by atoms with Gasteiger partial charge in [-0.3, -0.25) is 4.79 Å². The van der Waals surface area contributed by atoms with Gasteiger partial charge in [0, 0.05) is 18.9 Å². The van der Waals surface area contributed by atoms with E-state index in [4.69, 9.17) is 11.6 Å². The minimum absolute atomic E-state index is 0.0342. The molecule has 2 rings (SSSR count). The summed E-state index contributed by atoms with van der Waals surface area (Å²) in [5, 5.41) is 23.2. The van der Waals surface area contributed by atoms with Gasteiger partial charge in [0.2, 0.25) is 5.91 Å². The number of rotatable bonds is 4. The maximum atomic E-state index is 10.8. The molecule has 3 N–H and O–H groups in total. The summed E-state index contributed by atoms with van der Waals surface area (Å²) in [7, 11) is 0. The quantitative estimate of drug-likeness (QED) is 0.726. The molecular weight excluding hydrogens is 282 g/mol. The Morgan fingerprint density at radius 3 is 2.85 bits per heavy atom. The molecule has 2 atom stereocenters. The first-order chi connectivity index (χ1) is 9.49. The number of halogens is 1. The highest BCUT2D eigenvalue weighted by molar-refractivity contribution is 6.34. The van der Waals surface area contributed by atoms with Crippen LogP contribution in [0.5, 0.6) is 0 Å². The molecule has 106 valence electrons. The van der Waals surface area contributed by atoms with Crippen molar-refractivity contribution in [2.75, 3.05) is 6.54 Å². The van der Waals surface area contributed by atoms with Crippen LogP contribution >= 0.6 is 11.6 Å². The number of aliphatic hydroxyl groups excluding tert-OH is 2. The molecule has 7 heteroatoms. The molecule has 0 bridgehead atoms. The zero-order chi connectivity index (χ0) is 14.7. The molecule has 6 nitrogen and oxygen atoms in total. The molecule has 1 amide bonds. The second-order valence-electron chi connectivity index (χ2n) is 4.39. The van der Waals surface area contributed by atoms with Crippen molar-refractivity contribution in [2.45, 2.75) is 19.1 Å². The molecule has 0 saturated carbocycles. The lowest BCUT2D eigenvalue weighted by molar-refractivity contribution is -0.119. The van der Waals surface area contributed by atoms with Crippen LogP contribution in [0.4, 0.5) is 0 Å². The molecule has 2 aromatic rings. The van der Waals surface area contributed by atoms with Crippen LogP contribution in [0.3, 0.4) is 0 Å². The lowest BCUT2D eigenvalue weighted by Gasteiger charge is -2.18. The first kappa shape index (κ1) is 14.6. The summed E-state index contributed by atoms with van der Waals surface area (Å²) in [4.78, 5) is 18.7. The van der Waals surface area contributed by atoms with Crippen molar-refractivity contribution in [3.8, 4) is 0 Å². The van der Waals surface area contributed by atoms with Gasteiger partial charge in [-0.2, -0.15) is 0 Å². The second-order valence-corrected chi connectivity index (χ2v) is 4.75. The van der Waals surface area contributed by atoms with Crippen LogP contribution in [0.1, 0.15) is 18.6 Å². The molecule has 1 heterocycles. The zero-order valence-corrected chi connectivity index (χ0v) is 11.5. The Bertz CT molecular complexity index is 635. The van der Waals surface area contributed by atoms with Crippen molar-refractivity contribution in [3.05, 3.63) is 35.2 Å². The average molecular weight is 296 g/mol. The third kappa shape index (κ3) is 3.22. The van der Waals surface area contributed by atoms with E-state index in [9.17, 15) is 15.0 Å². The standard InChI is InChI=1S/C13H14ClN3O3/c1-7(18)15-5-11(19)12(20)8-2-3-10-9(4-8)13(14)17-6-16-10/h2-4,6,11-12,19-20H,5H2,1H3,(H,15,18). The third-order valence-electron chi connectivity index (χ3n) is 2.88. The van der Waals surface area contributed by atoms with Crippen molar-refractivity contribution < 1.29 is 15.0 Å². The van der Waals surface area contributed by atoms with Crippen LogP contribution in [0.25, 0.3) is 10.9 Å². The SMILES string of the molecule is CC(=O)NCC(O)C(O)c1ccc2ncnc(Cl)c2c1. The third-order valence-corrected chi connectivity index (χ3v) is 3.18. The molecule has 20 heavy (non-hydrogen) atoms. The first-order valence-corrected chi connectivity index (χ1v) is 6.37. The van der Waals surface area contributed by atoms with E-state index in [1.807, 2.05) is 0 Å².